The molecule has 0 spiro atoms. The van der Waals surface area contributed by atoms with Crippen molar-refractivity contribution in [2.75, 3.05) is 13.2 Å². The standard InChI is InChI=1S/C20H18F2N4O2/c21-20(22)26-19-14(11-23-26)9-15-10-18(27)25-17(13-5-2-1-3-6-13)12-28-8-4-7-16(19)24-15/h1-7,9,11,17,20H,8,10,12H2,(H,25,27)/b7-4-/t17-/m1/s1. The molecule has 6 nitrogen and oxygen atoms in total. The third-order valence-electron chi connectivity index (χ3n) is 4.49. The fraction of sp³-hybridized carbons (Fsp3) is 0.250. The molecule has 0 saturated carbocycles. The Morgan fingerprint density at radius 1 is 1.25 bits per heavy atom. The Labute approximate surface area is 159 Å². The van der Waals surface area contributed by atoms with Crippen molar-refractivity contribution >= 4 is 22.9 Å². The molecular formula is C20H18F2N4O2. The summed E-state index contributed by atoms with van der Waals surface area (Å²) in [5.74, 6) is -0.221. The highest BCUT2D eigenvalue weighted by molar-refractivity contribution is 5.87. The largest absolute Gasteiger partial charge is 0.375 e. The van der Waals surface area contributed by atoms with Gasteiger partial charge >= 0.3 is 6.55 Å². The number of amides is 1. The number of alkyl halides is 2. The lowest BCUT2D eigenvalue weighted by molar-refractivity contribution is -0.121. The van der Waals surface area contributed by atoms with E-state index in [4.69, 9.17) is 4.74 Å². The van der Waals surface area contributed by atoms with Gasteiger partial charge in [-0.2, -0.15) is 13.9 Å². The molecule has 1 N–H and O–H groups in total. The molecule has 2 bridgehead atoms. The Bertz CT molecular complexity index is 1020. The van der Waals surface area contributed by atoms with Crippen molar-refractivity contribution in [1.82, 2.24) is 20.1 Å². The average Bonchev–Trinajstić information content (AvgIpc) is 3.11. The molecule has 144 valence electrons. The number of rotatable bonds is 2. The molecule has 28 heavy (non-hydrogen) atoms. The number of ether oxygens (including phenoxy) is 1. The summed E-state index contributed by atoms with van der Waals surface area (Å²) in [6.07, 6.45) is 4.74. The second-order valence-corrected chi connectivity index (χ2v) is 6.45. The number of aromatic nitrogens is 3. The summed E-state index contributed by atoms with van der Waals surface area (Å²) >= 11 is 0. The van der Waals surface area contributed by atoms with E-state index in [1.54, 1.807) is 18.2 Å². The van der Waals surface area contributed by atoms with Crippen molar-refractivity contribution < 1.29 is 18.3 Å². The van der Waals surface area contributed by atoms with Gasteiger partial charge in [0.25, 0.3) is 0 Å². The molecule has 0 fully saturated rings. The van der Waals surface area contributed by atoms with Crippen LogP contribution in [0.1, 0.15) is 29.5 Å². The summed E-state index contributed by atoms with van der Waals surface area (Å²) in [5, 5.41) is 7.22. The van der Waals surface area contributed by atoms with Gasteiger partial charge in [0, 0.05) is 5.39 Å². The zero-order valence-electron chi connectivity index (χ0n) is 14.9. The highest BCUT2D eigenvalue weighted by atomic mass is 19.3. The molecule has 0 aliphatic carbocycles. The lowest BCUT2D eigenvalue weighted by Crippen LogP contribution is -2.33. The SMILES string of the molecule is O=C1Cc2cc3cnn(C(F)F)c3c(n2)/C=C\COC[C@H](c2ccccc2)N1. The molecule has 2 aromatic heterocycles. The number of carbonyl (C=O) groups excluding carboxylic acids is 1. The van der Waals surface area contributed by atoms with Crippen molar-refractivity contribution in [1.29, 1.82) is 0 Å². The first-order chi connectivity index (χ1) is 13.6. The summed E-state index contributed by atoms with van der Waals surface area (Å²) in [4.78, 5) is 17.0. The maximum absolute atomic E-state index is 13.2. The Morgan fingerprint density at radius 2 is 2.07 bits per heavy atom. The van der Waals surface area contributed by atoms with E-state index >= 15 is 0 Å². The van der Waals surface area contributed by atoms with E-state index in [-0.39, 0.29) is 30.5 Å². The van der Waals surface area contributed by atoms with Gasteiger partial charge in [-0.1, -0.05) is 36.4 Å². The molecular weight excluding hydrogens is 366 g/mol. The quantitative estimate of drug-likeness (QED) is 0.736. The molecule has 1 aromatic carbocycles. The third-order valence-corrected chi connectivity index (χ3v) is 4.49. The van der Waals surface area contributed by atoms with Crippen LogP contribution < -0.4 is 5.32 Å². The number of pyridine rings is 1. The number of halogens is 2. The fourth-order valence-corrected chi connectivity index (χ4v) is 3.25. The minimum absolute atomic E-state index is 0.0278. The van der Waals surface area contributed by atoms with E-state index in [2.05, 4.69) is 15.4 Å². The van der Waals surface area contributed by atoms with Gasteiger partial charge in [-0.15, -0.1) is 0 Å². The highest BCUT2D eigenvalue weighted by Crippen LogP contribution is 2.25. The van der Waals surface area contributed by atoms with Crippen LogP contribution >= 0.6 is 0 Å². The summed E-state index contributed by atoms with van der Waals surface area (Å²) < 4.78 is 32.8. The first kappa shape index (κ1) is 18.2. The van der Waals surface area contributed by atoms with Gasteiger partial charge < -0.3 is 10.1 Å². The molecule has 3 aromatic rings. The lowest BCUT2D eigenvalue weighted by Gasteiger charge is -2.19. The topological polar surface area (TPSA) is 69.0 Å². The van der Waals surface area contributed by atoms with E-state index in [1.165, 1.54) is 6.20 Å². The molecule has 8 heteroatoms. The Kier molecular flexibility index (Phi) is 5.12. The van der Waals surface area contributed by atoms with Crippen LogP contribution in [0.2, 0.25) is 0 Å². The highest BCUT2D eigenvalue weighted by Gasteiger charge is 2.19. The maximum Gasteiger partial charge on any atom is 0.333 e. The van der Waals surface area contributed by atoms with Crippen molar-refractivity contribution in [3.05, 3.63) is 65.6 Å². The number of nitrogens with one attached hydrogen (secondary N) is 1. The average molecular weight is 384 g/mol. The number of hydrogen-bond acceptors (Lipinski definition) is 4. The van der Waals surface area contributed by atoms with Gasteiger partial charge in [0.05, 0.1) is 48.8 Å². The van der Waals surface area contributed by atoms with Gasteiger partial charge in [0.1, 0.15) is 0 Å². The van der Waals surface area contributed by atoms with E-state index < -0.39 is 6.55 Å². The Hall–Kier alpha value is -3.13. The van der Waals surface area contributed by atoms with Gasteiger partial charge in [-0.05, 0) is 17.7 Å². The molecule has 1 aliphatic rings. The lowest BCUT2D eigenvalue weighted by atomic mass is 10.1. The van der Waals surface area contributed by atoms with Crippen LogP contribution in [-0.4, -0.2) is 33.9 Å². The second kappa shape index (κ2) is 7.85. The summed E-state index contributed by atoms with van der Waals surface area (Å²) in [5.41, 5.74) is 2.00. The maximum atomic E-state index is 13.2. The van der Waals surface area contributed by atoms with Gasteiger partial charge in [0.15, 0.2) is 0 Å². The first-order valence-corrected chi connectivity index (χ1v) is 8.85. The predicted molar refractivity (Wildman–Crippen MR) is 99.7 cm³/mol. The smallest absolute Gasteiger partial charge is 0.333 e. The molecule has 0 unspecified atom stereocenters. The number of carbonyl (C=O) groups is 1. The molecule has 1 amide bonds. The van der Waals surface area contributed by atoms with Gasteiger partial charge in [-0.3, -0.25) is 9.78 Å². The number of fused-ring (bicyclic) bond motifs is 4. The number of hydrogen-bond donors (Lipinski definition) is 1. The van der Waals surface area contributed by atoms with E-state index in [1.807, 2.05) is 30.3 Å². The number of nitrogens with zero attached hydrogens (tertiary/aromatic N) is 3. The predicted octanol–water partition coefficient (Wildman–Crippen LogP) is 3.27. The van der Waals surface area contributed by atoms with Crippen LogP contribution in [0.25, 0.3) is 17.0 Å². The second-order valence-electron chi connectivity index (χ2n) is 6.45. The van der Waals surface area contributed by atoms with Crippen LogP contribution in [0.3, 0.4) is 0 Å². The van der Waals surface area contributed by atoms with Crippen molar-refractivity contribution in [3.63, 3.8) is 0 Å². The van der Waals surface area contributed by atoms with Crippen LogP contribution in [-0.2, 0) is 16.0 Å². The van der Waals surface area contributed by atoms with Crippen molar-refractivity contribution in [2.24, 2.45) is 0 Å². The van der Waals surface area contributed by atoms with Gasteiger partial charge in [0.2, 0.25) is 5.91 Å². The molecule has 0 radical (unpaired) electrons. The van der Waals surface area contributed by atoms with Crippen LogP contribution in [0, 0.1) is 0 Å². The van der Waals surface area contributed by atoms with E-state index in [9.17, 15) is 13.6 Å². The fourth-order valence-electron chi connectivity index (χ4n) is 3.25. The van der Waals surface area contributed by atoms with E-state index in [0.717, 1.165) is 5.56 Å². The van der Waals surface area contributed by atoms with Crippen molar-refractivity contribution in [3.8, 4) is 0 Å². The monoisotopic (exact) mass is 384 g/mol. The molecule has 1 aliphatic heterocycles. The summed E-state index contributed by atoms with van der Waals surface area (Å²) in [6, 6.07) is 10.9. The minimum Gasteiger partial charge on any atom is -0.375 e. The molecule has 4 rings (SSSR count). The molecule has 0 saturated heterocycles. The normalized spacial score (nSPS) is 19.1. The number of benzene rings is 1. The molecule has 1 atom stereocenters. The first-order valence-electron chi connectivity index (χ1n) is 8.85. The molecule has 3 heterocycles. The van der Waals surface area contributed by atoms with Crippen LogP contribution in [0.5, 0.6) is 0 Å². The summed E-state index contributed by atoms with van der Waals surface area (Å²) in [6.45, 7) is -2.22. The van der Waals surface area contributed by atoms with Crippen molar-refractivity contribution in [2.45, 2.75) is 19.0 Å². The Balaban J connectivity index is 1.69. The van der Waals surface area contributed by atoms with Crippen LogP contribution in [0.4, 0.5) is 8.78 Å². The van der Waals surface area contributed by atoms with E-state index in [0.29, 0.717) is 28.1 Å². The third kappa shape index (κ3) is 3.77. The zero-order valence-corrected chi connectivity index (χ0v) is 14.9. The van der Waals surface area contributed by atoms with Gasteiger partial charge in [-0.25, -0.2) is 4.68 Å². The minimum atomic E-state index is -2.78. The Morgan fingerprint density at radius 3 is 2.86 bits per heavy atom. The van der Waals surface area contributed by atoms with Crippen LogP contribution in [0.15, 0.2) is 48.7 Å². The zero-order chi connectivity index (χ0) is 19.5. The summed E-state index contributed by atoms with van der Waals surface area (Å²) in [7, 11) is 0.